The molecule has 0 amide bonds. The molecule has 4 nitrogen and oxygen atoms in total. The Kier molecular flexibility index (Phi) is 2.93. The molecule has 0 spiro atoms. The van der Waals surface area contributed by atoms with Gasteiger partial charge >= 0.3 is 0 Å². The Bertz CT molecular complexity index is 820. The van der Waals surface area contributed by atoms with Gasteiger partial charge in [0.2, 0.25) is 0 Å². The summed E-state index contributed by atoms with van der Waals surface area (Å²) in [6.07, 6.45) is 6.73. The fourth-order valence-electron chi connectivity index (χ4n) is 2.78. The summed E-state index contributed by atoms with van der Waals surface area (Å²) in [5.74, 6) is 0.965. The number of aromatic nitrogens is 4. The van der Waals surface area contributed by atoms with Gasteiger partial charge in [-0.05, 0) is 37.5 Å². The van der Waals surface area contributed by atoms with Crippen LogP contribution in [0.15, 0.2) is 30.7 Å². The van der Waals surface area contributed by atoms with E-state index in [1.165, 1.54) is 12.8 Å². The Morgan fingerprint density at radius 3 is 2.95 bits per heavy atom. The van der Waals surface area contributed by atoms with Crippen molar-refractivity contribution in [1.82, 2.24) is 19.5 Å². The number of hydrogen-bond acceptors (Lipinski definition) is 3. The Balaban J connectivity index is 2.02. The van der Waals surface area contributed by atoms with Crippen LogP contribution in [-0.2, 0) is 6.42 Å². The highest BCUT2D eigenvalue weighted by molar-refractivity contribution is 6.31. The van der Waals surface area contributed by atoms with Crippen molar-refractivity contribution in [2.75, 3.05) is 0 Å². The number of nitrogens with zero attached hydrogens (tertiary/aromatic N) is 4. The van der Waals surface area contributed by atoms with Gasteiger partial charge in [-0.2, -0.15) is 0 Å². The zero-order chi connectivity index (χ0) is 14.4. The SMILES string of the molecule is CCc1ncncc1-c1nc2ccc(Cl)cc2n1C1CC1. The van der Waals surface area contributed by atoms with Gasteiger partial charge in [0.1, 0.15) is 12.2 Å². The highest BCUT2D eigenvalue weighted by atomic mass is 35.5. The molecular weight excluding hydrogens is 284 g/mol. The molecule has 1 aromatic carbocycles. The van der Waals surface area contributed by atoms with Crippen molar-refractivity contribution in [2.45, 2.75) is 32.2 Å². The normalized spacial score (nSPS) is 14.8. The summed E-state index contributed by atoms with van der Waals surface area (Å²) in [6, 6.07) is 6.39. The summed E-state index contributed by atoms with van der Waals surface area (Å²) in [5, 5.41) is 0.746. The Morgan fingerprint density at radius 2 is 2.19 bits per heavy atom. The number of halogens is 1. The van der Waals surface area contributed by atoms with Gasteiger partial charge in [-0.25, -0.2) is 15.0 Å². The van der Waals surface area contributed by atoms with Crippen LogP contribution in [-0.4, -0.2) is 19.5 Å². The fourth-order valence-corrected chi connectivity index (χ4v) is 2.95. The maximum Gasteiger partial charge on any atom is 0.144 e. The van der Waals surface area contributed by atoms with Crippen LogP contribution in [0.2, 0.25) is 5.02 Å². The molecule has 0 unspecified atom stereocenters. The summed E-state index contributed by atoms with van der Waals surface area (Å²) >= 11 is 6.16. The third-order valence-electron chi connectivity index (χ3n) is 3.93. The summed E-state index contributed by atoms with van der Waals surface area (Å²) in [7, 11) is 0. The van der Waals surface area contributed by atoms with Crippen LogP contribution in [0, 0.1) is 0 Å². The zero-order valence-electron chi connectivity index (χ0n) is 11.8. The quantitative estimate of drug-likeness (QED) is 0.733. The third-order valence-corrected chi connectivity index (χ3v) is 4.17. The molecule has 106 valence electrons. The monoisotopic (exact) mass is 298 g/mol. The van der Waals surface area contributed by atoms with Crippen molar-refractivity contribution in [1.29, 1.82) is 0 Å². The molecule has 2 heterocycles. The molecule has 1 aliphatic rings. The van der Waals surface area contributed by atoms with Crippen LogP contribution in [0.25, 0.3) is 22.4 Å². The van der Waals surface area contributed by atoms with Gasteiger partial charge in [-0.3, -0.25) is 0 Å². The molecule has 3 aromatic rings. The van der Waals surface area contributed by atoms with Crippen LogP contribution < -0.4 is 0 Å². The van der Waals surface area contributed by atoms with Gasteiger partial charge in [0, 0.05) is 17.3 Å². The van der Waals surface area contributed by atoms with Gasteiger partial charge in [0.05, 0.1) is 22.3 Å². The molecule has 1 aliphatic carbocycles. The molecule has 0 N–H and O–H groups in total. The molecule has 0 bridgehead atoms. The van der Waals surface area contributed by atoms with Crippen molar-refractivity contribution < 1.29 is 0 Å². The minimum Gasteiger partial charge on any atom is -0.321 e. The number of imidazole rings is 1. The summed E-state index contributed by atoms with van der Waals surface area (Å²) in [6.45, 7) is 2.10. The van der Waals surface area contributed by atoms with Gasteiger partial charge < -0.3 is 4.57 Å². The molecule has 5 heteroatoms. The fraction of sp³-hybridized carbons (Fsp3) is 0.312. The van der Waals surface area contributed by atoms with Crippen molar-refractivity contribution in [3.8, 4) is 11.4 Å². The van der Waals surface area contributed by atoms with E-state index in [0.29, 0.717) is 6.04 Å². The van der Waals surface area contributed by atoms with Gasteiger partial charge in [0.15, 0.2) is 0 Å². The van der Waals surface area contributed by atoms with E-state index in [9.17, 15) is 0 Å². The summed E-state index contributed by atoms with van der Waals surface area (Å²) < 4.78 is 2.30. The van der Waals surface area contributed by atoms with Gasteiger partial charge in [-0.1, -0.05) is 18.5 Å². The number of aryl methyl sites for hydroxylation is 1. The lowest BCUT2D eigenvalue weighted by molar-refractivity contribution is 0.772. The molecule has 1 saturated carbocycles. The second-order valence-electron chi connectivity index (χ2n) is 5.41. The van der Waals surface area contributed by atoms with E-state index in [1.54, 1.807) is 6.33 Å². The van der Waals surface area contributed by atoms with Crippen molar-refractivity contribution in [3.05, 3.63) is 41.4 Å². The first-order chi connectivity index (χ1) is 10.3. The smallest absolute Gasteiger partial charge is 0.144 e. The Hall–Kier alpha value is -1.94. The minimum atomic E-state index is 0.522. The van der Waals surface area contributed by atoms with Crippen LogP contribution in [0.5, 0.6) is 0 Å². The largest absolute Gasteiger partial charge is 0.321 e. The number of benzene rings is 1. The molecule has 2 aromatic heterocycles. The van der Waals surface area contributed by atoms with E-state index in [1.807, 2.05) is 24.4 Å². The second kappa shape index (κ2) is 4.81. The van der Waals surface area contributed by atoms with E-state index >= 15 is 0 Å². The molecule has 1 fully saturated rings. The second-order valence-corrected chi connectivity index (χ2v) is 5.84. The summed E-state index contributed by atoms with van der Waals surface area (Å²) in [4.78, 5) is 13.4. The maximum absolute atomic E-state index is 6.16. The lowest BCUT2D eigenvalue weighted by Gasteiger charge is -2.09. The Labute approximate surface area is 127 Å². The van der Waals surface area contributed by atoms with Crippen molar-refractivity contribution >= 4 is 22.6 Å². The van der Waals surface area contributed by atoms with Gasteiger partial charge in [-0.15, -0.1) is 0 Å². The highest BCUT2D eigenvalue weighted by Gasteiger charge is 2.29. The lowest BCUT2D eigenvalue weighted by Crippen LogP contribution is -2.01. The van der Waals surface area contributed by atoms with Crippen molar-refractivity contribution in [3.63, 3.8) is 0 Å². The average molecular weight is 299 g/mol. The van der Waals surface area contributed by atoms with Crippen LogP contribution in [0.3, 0.4) is 0 Å². The number of rotatable bonds is 3. The molecule has 0 aliphatic heterocycles. The molecule has 0 radical (unpaired) electrons. The lowest BCUT2D eigenvalue weighted by atomic mass is 10.2. The maximum atomic E-state index is 6.16. The molecule has 0 atom stereocenters. The molecule has 21 heavy (non-hydrogen) atoms. The van der Waals surface area contributed by atoms with E-state index < -0.39 is 0 Å². The van der Waals surface area contributed by atoms with Crippen LogP contribution in [0.4, 0.5) is 0 Å². The topological polar surface area (TPSA) is 43.6 Å². The highest BCUT2D eigenvalue weighted by Crippen LogP contribution is 2.42. The Morgan fingerprint density at radius 1 is 1.33 bits per heavy atom. The van der Waals surface area contributed by atoms with Crippen LogP contribution >= 0.6 is 11.6 Å². The number of hydrogen-bond donors (Lipinski definition) is 0. The summed E-state index contributed by atoms with van der Waals surface area (Å²) in [5.41, 5.74) is 4.14. The minimum absolute atomic E-state index is 0.522. The van der Waals surface area contributed by atoms with E-state index in [-0.39, 0.29) is 0 Å². The number of fused-ring (bicyclic) bond motifs is 1. The molecular formula is C16H15ClN4. The predicted molar refractivity (Wildman–Crippen MR) is 83.4 cm³/mol. The van der Waals surface area contributed by atoms with Crippen LogP contribution in [0.1, 0.15) is 31.5 Å². The average Bonchev–Trinajstić information content (AvgIpc) is 3.28. The first-order valence-corrected chi connectivity index (χ1v) is 7.62. The van der Waals surface area contributed by atoms with Crippen molar-refractivity contribution in [2.24, 2.45) is 0 Å². The standard InChI is InChI=1S/C16H15ClN4/c1-2-13-12(8-18-9-19-13)16-20-14-6-3-10(17)7-15(14)21(16)11-4-5-11/h3,6-9,11H,2,4-5H2,1H3. The molecule has 0 saturated heterocycles. The third kappa shape index (κ3) is 2.10. The first-order valence-electron chi connectivity index (χ1n) is 7.24. The van der Waals surface area contributed by atoms with E-state index in [2.05, 4.69) is 21.5 Å². The van der Waals surface area contributed by atoms with Gasteiger partial charge in [0.25, 0.3) is 0 Å². The van der Waals surface area contributed by atoms with E-state index in [0.717, 1.165) is 39.6 Å². The zero-order valence-corrected chi connectivity index (χ0v) is 12.5. The first kappa shape index (κ1) is 12.8. The molecule has 4 rings (SSSR count). The van der Waals surface area contributed by atoms with E-state index in [4.69, 9.17) is 16.6 Å². The predicted octanol–water partition coefficient (Wildman–Crippen LogP) is 4.04.